The summed E-state index contributed by atoms with van der Waals surface area (Å²) in [5, 5.41) is 0. The highest BCUT2D eigenvalue weighted by atomic mass is 16.5. The minimum Gasteiger partial charge on any atom is -0.384 e. The molecule has 0 aliphatic rings. The molecule has 70 valence electrons. The van der Waals surface area contributed by atoms with E-state index in [0.717, 1.165) is 13.0 Å². The van der Waals surface area contributed by atoms with Crippen LogP contribution in [0.25, 0.3) is 0 Å². The Hall–Kier alpha value is -0.560. The third-order valence-electron chi connectivity index (χ3n) is 1.87. The van der Waals surface area contributed by atoms with Crippen LogP contribution in [0.4, 0.5) is 0 Å². The monoisotopic (exact) mass is 168 g/mol. The molecule has 0 saturated heterocycles. The van der Waals surface area contributed by atoms with Gasteiger partial charge in [-0.05, 0) is 18.9 Å². The summed E-state index contributed by atoms with van der Waals surface area (Å²) < 4.78 is 5.09. The van der Waals surface area contributed by atoms with Crippen molar-refractivity contribution in [2.45, 2.75) is 27.2 Å². The van der Waals surface area contributed by atoms with Crippen LogP contribution in [0.15, 0.2) is 23.8 Å². The van der Waals surface area contributed by atoms with Crippen molar-refractivity contribution in [1.29, 1.82) is 0 Å². The zero-order chi connectivity index (χ0) is 9.40. The number of rotatable bonds is 5. The molecule has 0 aromatic rings. The van der Waals surface area contributed by atoms with E-state index in [1.807, 2.05) is 0 Å². The maximum Gasteiger partial charge on any atom is 0.0528 e. The molecule has 1 heteroatoms. The average molecular weight is 168 g/mol. The van der Waals surface area contributed by atoms with Crippen molar-refractivity contribution in [3.05, 3.63) is 23.8 Å². The molecule has 12 heavy (non-hydrogen) atoms. The highest BCUT2D eigenvalue weighted by Gasteiger charge is 2.03. The van der Waals surface area contributed by atoms with Crippen molar-refractivity contribution >= 4 is 0 Å². The summed E-state index contributed by atoms with van der Waals surface area (Å²) in [7, 11) is 1.74. The molecule has 0 saturated carbocycles. The predicted molar refractivity (Wildman–Crippen MR) is 54.2 cm³/mol. The van der Waals surface area contributed by atoms with Gasteiger partial charge in [0.05, 0.1) is 6.61 Å². The third kappa shape index (κ3) is 4.35. The molecule has 0 bridgehead atoms. The van der Waals surface area contributed by atoms with Gasteiger partial charge in [-0.2, -0.15) is 0 Å². The molecular weight excluding hydrogens is 148 g/mol. The van der Waals surface area contributed by atoms with E-state index >= 15 is 0 Å². The standard InChI is InChI=1S/C11H20O/c1-5-7-8-11(6-2)10(3)9-12-4/h6-8,10H,5,9H2,1-4H3/b8-7-,11-6+. The lowest BCUT2D eigenvalue weighted by Gasteiger charge is -2.10. The first-order valence-electron chi connectivity index (χ1n) is 4.57. The van der Waals surface area contributed by atoms with Crippen LogP contribution in [0.3, 0.4) is 0 Å². The van der Waals surface area contributed by atoms with Gasteiger partial charge in [-0.1, -0.05) is 32.1 Å². The molecular formula is C11H20O. The fraction of sp³-hybridized carbons (Fsp3) is 0.636. The van der Waals surface area contributed by atoms with Crippen LogP contribution in [-0.4, -0.2) is 13.7 Å². The molecule has 0 radical (unpaired) electrons. The Bertz CT molecular complexity index is 156. The Morgan fingerprint density at radius 1 is 1.50 bits per heavy atom. The zero-order valence-electron chi connectivity index (χ0n) is 8.63. The summed E-state index contributed by atoms with van der Waals surface area (Å²) in [5.74, 6) is 0.503. The summed E-state index contributed by atoms with van der Waals surface area (Å²) in [5.41, 5.74) is 1.36. The summed E-state index contributed by atoms with van der Waals surface area (Å²) in [6.45, 7) is 7.19. The highest BCUT2D eigenvalue weighted by Crippen LogP contribution is 2.12. The third-order valence-corrected chi connectivity index (χ3v) is 1.87. The molecule has 0 amide bonds. The van der Waals surface area contributed by atoms with E-state index in [1.165, 1.54) is 5.57 Å². The van der Waals surface area contributed by atoms with E-state index in [9.17, 15) is 0 Å². The Kier molecular flexibility index (Phi) is 6.78. The number of hydrogen-bond acceptors (Lipinski definition) is 1. The van der Waals surface area contributed by atoms with Crippen molar-refractivity contribution in [2.24, 2.45) is 5.92 Å². The molecule has 0 aromatic heterocycles. The van der Waals surface area contributed by atoms with Gasteiger partial charge >= 0.3 is 0 Å². The molecule has 0 aliphatic carbocycles. The van der Waals surface area contributed by atoms with Gasteiger partial charge in [0.1, 0.15) is 0 Å². The summed E-state index contributed by atoms with van der Waals surface area (Å²) >= 11 is 0. The number of ether oxygens (including phenoxy) is 1. The molecule has 1 atom stereocenters. The molecule has 0 spiro atoms. The van der Waals surface area contributed by atoms with Crippen molar-refractivity contribution in [2.75, 3.05) is 13.7 Å². The van der Waals surface area contributed by atoms with E-state index in [-0.39, 0.29) is 0 Å². The van der Waals surface area contributed by atoms with Gasteiger partial charge in [-0.15, -0.1) is 0 Å². The molecule has 0 heterocycles. The summed E-state index contributed by atoms with van der Waals surface area (Å²) in [4.78, 5) is 0. The SMILES string of the molecule is C/C=C(\C=C/CC)C(C)COC. The fourth-order valence-electron chi connectivity index (χ4n) is 1.15. The van der Waals surface area contributed by atoms with Gasteiger partial charge in [0, 0.05) is 13.0 Å². The molecule has 0 N–H and O–H groups in total. The molecule has 0 aromatic carbocycles. The van der Waals surface area contributed by atoms with Gasteiger partial charge in [0.25, 0.3) is 0 Å². The summed E-state index contributed by atoms with van der Waals surface area (Å²) in [6, 6.07) is 0. The van der Waals surface area contributed by atoms with Gasteiger partial charge in [-0.25, -0.2) is 0 Å². The summed E-state index contributed by atoms with van der Waals surface area (Å²) in [6.07, 6.45) is 7.61. The quantitative estimate of drug-likeness (QED) is 0.573. The van der Waals surface area contributed by atoms with Crippen LogP contribution >= 0.6 is 0 Å². The second-order valence-electron chi connectivity index (χ2n) is 2.96. The molecule has 0 rings (SSSR count). The van der Waals surface area contributed by atoms with Crippen molar-refractivity contribution < 1.29 is 4.74 Å². The van der Waals surface area contributed by atoms with E-state index in [4.69, 9.17) is 4.74 Å². The van der Waals surface area contributed by atoms with Crippen LogP contribution < -0.4 is 0 Å². The van der Waals surface area contributed by atoms with E-state index < -0.39 is 0 Å². The van der Waals surface area contributed by atoms with Crippen LogP contribution in [0.1, 0.15) is 27.2 Å². The first-order valence-corrected chi connectivity index (χ1v) is 4.57. The maximum absolute atomic E-state index is 5.09. The number of hydrogen-bond donors (Lipinski definition) is 0. The van der Waals surface area contributed by atoms with Gasteiger partial charge in [-0.3, -0.25) is 0 Å². The number of methoxy groups -OCH3 is 1. The molecule has 1 nitrogen and oxygen atoms in total. The average Bonchev–Trinajstić information content (AvgIpc) is 2.06. The lowest BCUT2D eigenvalue weighted by Crippen LogP contribution is -2.05. The second-order valence-corrected chi connectivity index (χ2v) is 2.96. The second kappa shape index (κ2) is 7.11. The molecule has 0 aliphatic heterocycles. The fourth-order valence-corrected chi connectivity index (χ4v) is 1.15. The lowest BCUT2D eigenvalue weighted by atomic mass is 10.0. The first kappa shape index (κ1) is 11.4. The van der Waals surface area contributed by atoms with E-state index in [2.05, 4.69) is 39.0 Å². The zero-order valence-corrected chi connectivity index (χ0v) is 8.63. The topological polar surface area (TPSA) is 9.23 Å². The van der Waals surface area contributed by atoms with Gasteiger partial charge in [0.15, 0.2) is 0 Å². The molecule has 0 fully saturated rings. The minimum atomic E-state index is 0.503. The minimum absolute atomic E-state index is 0.503. The maximum atomic E-state index is 5.09. The Morgan fingerprint density at radius 3 is 2.58 bits per heavy atom. The number of allylic oxidation sites excluding steroid dienone is 3. The van der Waals surface area contributed by atoms with Gasteiger partial charge < -0.3 is 4.74 Å². The van der Waals surface area contributed by atoms with E-state index in [1.54, 1.807) is 7.11 Å². The smallest absolute Gasteiger partial charge is 0.0528 e. The van der Waals surface area contributed by atoms with Crippen LogP contribution in [-0.2, 0) is 4.74 Å². The normalized spacial score (nSPS) is 15.5. The van der Waals surface area contributed by atoms with Gasteiger partial charge in [0.2, 0.25) is 0 Å². The van der Waals surface area contributed by atoms with Crippen molar-refractivity contribution in [3.8, 4) is 0 Å². The van der Waals surface area contributed by atoms with Crippen molar-refractivity contribution in [1.82, 2.24) is 0 Å². The predicted octanol–water partition coefficient (Wildman–Crippen LogP) is 3.18. The van der Waals surface area contributed by atoms with E-state index in [0.29, 0.717) is 5.92 Å². The first-order chi connectivity index (χ1) is 5.76. The Balaban J connectivity index is 4.06. The van der Waals surface area contributed by atoms with Crippen LogP contribution in [0.5, 0.6) is 0 Å². The van der Waals surface area contributed by atoms with Crippen LogP contribution in [0.2, 0.25) is 0 Å². The van der Waals surface area contributed by atoms with Crippen molar-refractivity contribution in [3.63, 3.8) is 0 Å². The largest absolute Gasteiger partial charge is 0.384 e. The Morgan fingerprint density at radius 2 is 2.17 bits per heavy atom. The molecule has 1 unspecified atom stereocenters. The van der Waals surface area contributed by atoms with Crippen LogP contribution in [0, 0.1) is 5.92 Å². The lowest BCUT2D eigenvalue weighted by molar-refractivity contribution is 0.173. The Labute approximate surface area is 76.1 Å². The highest BCUT2D eigenvalue weighted by molar-refractivity contribution is 5.20.